The molecule has 1 aliphatic rings. The molecule has 5 nitrogen and oxygen atoms in total. The summed E-state index contributed by atoms with van der Waals surface area (Å²) in [6.45, 7) is 2.54. The fourth-order valence-electron chi connectivity index (χ4n) is 2.64. The standard InChI is InChI=1S/C17H18FN3O2S/c1-11(12-4-6-13(18)7-5-12)19-15(22)9-14-10-24-17(20-14)21-8-2-3-16(21)23/h4-7,10-11H,2-3,8-9H2,1H3,(H,19,22)/t11-/m1/s1. The molecule has 24 heavy (non-hydrogen) atoms. The first-order valence-electron chi connectivity index (χ1n) is 7.82. The van der Waals surface area contributed by atoms with Crippen LogP contribution in [0, 0.1) is 5.82 Å². The van der Waals surface area contributed by atoms with E-state index in [-0.39, 0.29) is 30.1 Å². The van der Waals surface area contributed by atoms with Gasteiger partial charge >= 0.3 is 0 Å². The van der Waals surface area contributed by atoms with Gasteiger partial charge in [-0.15, -0.1) is 11.3 Å². The number of rotatable bonds is 5. The highest BCUT2D eigenvalue weighted by molar-refractivity contribution is 7.14. The summed E-state index contributed by atoms with van der Waals surface area (Å²) in [5.74, 6) is -0.370. The van der Waals surface area contributed by atoms with E-state index in [1.165, 1.54) is 23.5 Å². The number of nitrogens with one attached hydrogen (secondary N) is 1. The van der Waals surface area contributed by atoms with E-state index in [4.69, 9.17) is 0 Å². The van der Waals surface area contributed by atoms with E-state index in [0.29, 0.717) is 23.8 Å². The van der Waals surface area contributed by atoms with E-state index >= 15 is 0 Å². The lowest BCUT2D eigenvalue weighted by molar-refractivity contribution is -0.121. The molecule has 7 heteroatoms. The Morgan fingerprint density at radius 2 is 2.17 bits per heavy atom. The van der Waals surface area contributed by atoms with Crippen LogP contribution in [0.25, 0.3) is 0 Å². The highest BCUT2D eigenvalue weighted by Gasteiger charge is 2.24. The molecule has 126 valence electrons. The molecule has 3 rings (SSSR count). The Kier molecular flexibility index (Phi) is 4.89. The van der Waals surface area contributed by atoms with E-state index in [1.807, 2.05) is 12.3 Å². The molecule has 2 heterocycles. The molecule has 0 bridgehead atoms. The normalized spacial score (nSPS) is 15.6. The third-order valence-electron chi connectivity index (χ3n) is 3.93. The van der Waals surface area contributed by atoms with Crippen molar-refractivity contribution < 1.29 is 14.0 Å². The van der Waals surface area contributed by atoms with Crippen molar-refractivity contribution in [3.05, 3.63) is 46.7 Å². The first kappa shape index (κ1) is 16.6. The summed E-state index contributed by atoms with van der Waals surface area (Å²) in [4.78, 5) is 29.9. The van der Waals surface area contributed by atoms with Crippen molar-refractivity contribution in [3.63, 3.8) is 0 Å². The monoisotopic (exact) mass is 347 g/mol. The predicted molar refractivity (Wildman–Crippen MR) is 90.4 cm³/mol. The third kappa shape index (κ3) is 3.79. The molecule has 0 radical (unpaired) electrons. The van der Waals surface area contributed by atoms with Crippen molar-refractivity contribution >= 4 is 28.3 Å². The maximum Gasteiger partial charge on any atom is 0.228 e. The molecule has 2 amide bonds. The molecule has 0 aliphatic carbocycles. The first-order chi connectivity index (χ1) is 11.5. The Morgan fingerprint density at radius 1 is 1.42 bits per heavy atom. The quantitative estimate of drug-likeness (QED) is 0.905. The van der Waals surface area contributed by atoms with Crippen LogP contribution in [-0.2, 0) is 16.0 Å². The van der Waals surface area contributed by atoms with E-state index in [2.05, 4.69) is 10.3 Å². The average Bonchev–Trinajstić information content (AvgIpc) is 3.16. The molecule has 0 unspecified atom stereocenters. The summed E-state index contributed by atoms with van der Waals surface area (Å²) in [5, 5.41) is 5.34. The fourth-order valence-corrected chi connectivity index (χ4v) is 3.51. The van der Waals surface area contributed by atoms with Crippen LogP contribution < -0.4 is 10.2 Å². The van der Waals surface area contributed by atoms with Gasteiger partial charge in [0.1, 0.15) is 5.82 Å². The second-order valence-electron chi connectivity index (χ2n) is 5.79. The van der Waals surface area contributed by atoms with E-state index in [9.17, 15) is 14.0 Å². The molecule has 2 aromatic rings. The number of anilines is 1. The van der Waals surface area contributed by atoms with Crippen molar-refractivity contribution in [2.75, 3.05) is 11.4 Å². The smallest absolute Gasteiger partial charge is 0.228 e. The Labute approximate surface area is 143 Å². The highest BCUT2D eigenvalue weighted by atomic mass is 32.1. The topological polar surface area (TPSA) is 62.3 Å². The first-order valence-corrected chi connectivity index (χ1v) is 8.70. The molecule has 1 aromatic heterocycles. The van der Waals surface area contributed by atoms with Gasteiger partial charge in [0.2, 0.25) is 11.8 Å². The minimum absolute atomic E-state index is 0.0882. The summed E-state index contributed by atoms with van der Waals surface area (Å²) >= 11 is 1.38. The minimum atomic E-state index is -0.302. The molecular weight excluding hydrogens is 329 g/mol. The number of carbonyl (C=O) groups excluding carboxylic acids is 2. The predicted octanol–water partition coefficient (Wildman–Crippen LogP) is 2.83. The molecule has 1 aliphatic heterocycles. The number of halogens is 1. The highest BCUT2D eigenvalue weighted by Crippen LogP contribution is 2.25. The molecule has 1 saturated heterocycles. The van der Waals surface area contributed by atoms with Crippen LogP contribution in [0.1, 0.15) is 37.1 Å². The lowest BCUT2D eigenvalue weighted by atomic mass is 10.1. The van der Waals surface area contributed by atoms with Gasteiger partial charge in [-0.2, -0.15) is 0 Å². The maximum absolute atomic E-state index is 12.9. The van der Waals surface area contributed by atoms with Gasteiger partial charge in [-0.05, 0) is 31.0 Å². The number of benzene rings is 1. The van der Waals surface area contributed by atoms with Crippen LogP contribution in [0.4, 0.5) is 9.52 Å². The summed E-state index contributed by atoms with van der Waals surface area (Å²) in [6.07, 6.45) is 1.57. The fraction of sp³-hybridized carbons (Fsp3) is 0.353. The number of hydrogen-bond acceptors (Lipinski definition) is 4. The zero-order chi connectivity index (χ0) is 17.1. The molecular formula is C17H18FN3O2S. The second-order valence-corrected chi connectivity index (χ2v) is 6.62. The summed E-state index contributed by atoms with van der Waals surface area (Å²) in [5.41, 5.74) is 1.49. The van der Waals surface area contributed by atoms with Gasteiger partial charge in [0.05, 0.1) is 18.2 Å². The van der Waals surface area contributed by atoms with E-state index < -0.39 is 0 Å². The number of hydrogen-bond donors (Lipinski definition) is 1. The van der Waals surface area contributed by atoms with Gasteiger partial charge < -0.3 is 5.32 Å². The second kappa shape index (κ2) is 7.09. The summed E-state index contributed by atoms with van der Waals surface area (Å²) < 4.78 is 12.9. The zero-order valence-electron chi connectivity index (χ0n) is 13.3. The maximum atomic E-state index is 12.9. The summed E-state index contributed by atoms with van der Waals surface area (Å²) in [7, 11) is 0. The van der Waals surface area contributed by atoms with Gasteiger partial charge in [-0.25, -0.2) is 9.37 Å². The molecule has 1 fully saturated rings. The van der Waals surface area contributed by atoms with E-state index in [0.717, 1.165) is 12.0 Å². The van der Waals surface area contributed by atoms with Crippen LogP contribution in [0.15, 0.2) is 29.6 Å². The van der Waals surface area contributed by atoms with Crippen molar-refractivity contribution in [2.24, 2.45) is 0 Å². The van der Waals surface area contributed by atoms with Gasteiger partial charge in [0.25, 0.3) is 0 Å². The number of carbonyl (C=O) groups is 2. The number of thiazole rings is 1. The molecule has 1 atom stereocenters. The van der Waals surface area contributed by atoms with Crippen molar-refractivity contribution in [1.82, 2.24) is 10.3 Å². The SMILES string of the molecule is C[C@@H](NC(=O)Cc1csc(N2CCCC2=O)n1)c1ccc(F)cc1. The van der Waals surface area contributed by atoms with E-state index in [1.54, 1.807) is 17.0 Å². The van der Waals surface area contributed by atoms with Crippen molar-refractivity contribution in [3.8, 4) is 0 Å². The van der Waals surface area contributed by atoms with Crippen LogP contribution in [-0.4, -0.2) is 23.3 Å². The van der Waals surface area contributed by atoms with Crippen LogP contribution in [0.3, 0.4) is 0 Å². The Balaban J connectivity index is 1.58. The number of aromatic nitrogens is 1. The lowest BCUT2D eigenvalue weighted by Crippen LogP contribution is -2.28. The van der Waals surface area contributed by atoms with Crippen molar-refractivity contribution in [1.29, 1.82) is 0 Å². The minimum Gasteiger partial charge on any atom is -0.349 e. The molecule has 0 saturated carbocycles. The van der Waals surface area contributed by atoms with Gasteiger partial charge in [-0.1, -0.05) is 12.1 Å². The molecule has 1 N–H and O–H groups in total. The Bertz CT molecular complexity index is 745. The number of nitrogens with zero attached hydrogens (tertiary/aromatic N) is 2. The van der Waals surface area contributed by atoms with Crippen molar-refractivity contribution in [2.45, 2.75) is 32.2 Å². The largest absolute Gasteiger partial charge is 0.349 e. The third-order valence-corrected chi connectivity index (χ3v) is 4.85. The lowest BCUT2D eigenvalue weighted by Gasteiger charge is -2.14. The molecule has 0 spiro atoms. The number of amides is 2. The average molecular weight is 347 g/mol. The Hall–Kier alpha value is -2.28. The van der Waals surface area contributed by atoms with Gasteiger partial charge in [-0.3, -0.25) is 14.5 Å². The van der Waals surface area contributed by atoms with Crippen LogP contribution in [0.5, 0.6) is 0 Å². The van der Waals surface area contributed by atoms with Gasteiger partial charge in [0, 0.05) is 18.3 Å². The Morgan fingerprint density at radius 3 is 2.83 bits per heavy atom. The van der Waals surface area contributed by atoms with Gasteiger partial charge in [0.15, 0.2) is 5.13 Å². The summed E-state index contributed by atoms with van der Waals surface area (Å²) in [6, 6.07) is 5.84. The van der Waals surface area contributed by atoms with Crippen LogP contribution in [0.2, 0.25) is 0 Å². The zero-order valence-corrected chi connectivity index (χ0v) is 14.1. The van der Waals surface area contributed by atoms with Crippen LogP contribution >= 0.6 is 11.3 Å². The molecule has 1 aromatic carbocycles.